The number of hydrogen-bond donors (Lipinski definition) is 0. The third kappa shape index (κ3) is 5.61. The number of carbonyl (C=O) groups is 1. The Hall–Kier alpha value is -3.47. The van der Waals surface area contributed by atoms with Gasteiger partial charge in [0.2, 0.25) is 12.3 Å². The van der Waals surface area contributed by atoms with Crippen LogP contribution in [0.4, 0.5) is 24.5 Å². The van der Waals surface area contributed by atoms with Crippen LogP contribution in [-0.2, 0) is 11.3 Å². The van der Waals surface area contributed by atoms with E-state index >= 15 is 0 Å². The van der Waals surface area contributed by atoms with Crippen molar-refractivity contribution in [3.8, 4) is 11.5 Å². The number of rotatable bonds is 9. The number of anilines is 2. The number of amides is 1. The molecular formula is C24H27F3N6O2. The quantitative estimate of drug-likeness (QED) is 0.416. The molecule has 1 fully saturated rings. The summed E-state index contributed by atoms with van der Waals surface area (Å²) >= 11 is 0. The average Bonchev–Trinajstić information content (AvgIpc) is 3.38. The predicted octanol–water partition coefficient (Wildman–Crippen LogP) is 4.29. The van der Waals surface area contributed by atoms with Gasteiger partial charge >= 0.3 is 6.43 Å². The van der Waals surface area contributed by atoms with Crippen LogP contribution >= 0.6 is 0 Å². The Morgan fingerprint density at radius 3 is 2.54 bits per heavy atom. The molecule has 0 aliphatic carbocycles. The number of piperidine rings is 1. The van der Waals surface area contributed by atoms with Crippen molar-refractivity contribution in [3.63, 3.8) is 0 Å². The van der Waals surface area contributed by atoms with Crippen molar-refractivity contribution in [1.82, 2.24) is 20.1 Å². The molecule has 186 valence electrons. The maximum absolute atomic E-state index is 14.2. The Bertz CT molecular complexity index is 1130. The minimum absolute atomic E-state index is 0.0665. The fourth-order valence-corrected chi connectivity index (χ4v) is 4.28. The maximum atomic E-state index is 14.2. The first kappa shape index (κ1) is 24.6. The van der Waals surface area contributed by atoms with Gasteiger partial charge in [-0.3, -0.25) is 9.78 Å². The summed E-state index contributed by atoms with van der Waals surface area (Å²) in [6, 6.07) is 7.85. The molecule has 11 heteroatoms. The van der Waals surface area contributed by atoms with Gasteiger partial charge in [-0.25, -0.2) is 4.39 Å². The van der Waals surface area contributed by atoms with E-state index in [4.69, 9.17) is 4.42 Å². The topological polar surface area (TPSA) is 78.6 Å². The Morgan fingerprint density at radius 2 is 1.94 bits per heavy atom. The van der Waals surface area contributed by atoms with Crippen LogP contribution < -0.4 is 9.80 Å². The summed E-state index contributed by atoms with van der Waals surface area (Å²) in [5.74, 6) is -1.20. The highest BCUT2D eigenvalue weighted by atomic mass is 19.3. The van der Waals surface area contributed by atoms with Crippen LogP contribution in [0.1, 0.15) is 37.8 Å². The second-order valence-corrected chi connectivity index (χ2v) is 8.43. The highest BCUT2D eigenvalue weighted by Gasteiger charge is 2.25. The third-order valence-corrected chi connectivity index (χ3v) is 6.34. The van der Waals surface area contributed by atoms with Gasteiger partial charge < -0.3 is 19.1 Å². The lowest BCUT2D eigenvalue weighted by molar-refractivity contribution is -0.107. The van der Waals surface area contributed by atoms with Crippen LogP contribution in [0.5, 0.6) is 0 Å². The molecule has 0 saturated carbocycles. The maximum Gasteiger partial charge on any atom is 0.314 e. The van der Waals surface area contributed by atoms with Crippen molar-refractivity contribution >= 4 is 17.8 Å². The van der Waals surface area contributed by atoms with E-state index in [1.54, 1.807) is 18.2 Å². The Kier molecular flexibility index (Phi) is 7.64. The summed E-state index contributed by atoms with van der Waals surface area (Å²) in [5.41, 5.74) is 2.13. The van der Waals surface area contributed by atoms with Crippen molar-refractivity contribution < 1.29 is 22.4 Å². The van der Waals surface area contributed by atoms with Crippen LogP contribution in [0, 0.1) is 5.82 Å². The standard InChI is InChI=1S/C24H27F3N6O2/c1-3-32-10-8-19(9-11-32)31(2)21-12-17(25)5-7-20(21)33(15-34)14-18-6-4-16(13-28-18)23-29-30-24(35-23)22(26)27/h4-7,12-13,15,19,22H,3,8-11,14H2,1-2H3. The molecule has 1 aliphatic rings. The Balaban J connectivity index is 1.52. The highest BCUT2D eigenvalue weighted by Crippen LogP contribution is 2.33. The van der Waals surface area contributed by atoms with Gasteiger partial charge in [0.05, 0.1) is 29.2 Å². The highest BCUT2D eigenvalue weighted by molar-refractivity contribution is 5.84. The van der Waals surface area contributed by atoms with Crippen LogP contribution in [0.3, 0.4) is 0 Å². The summed E-state index contributed by atoms with van der Waals surface area (Å²) < 4.78 is 44.5. The zero-order chi connectivity index (χ0) is 24.9. The summed E-state index contributed by atoms with van der Waals surface area (Å²) in [6.07, 6.45) is 1.15. The number of likely N-dealkylation sites (tertiary alicyclic amines) is 1. The minimum Gasteiger partial charge on any atom is -0.415 e. The van der Waals surface area contributed by atoms with E-state index in [2.05, 4.69) is 31.9 Å². The summed E-state index contributed by atoms with van der Waals surface area (Å²) in [6.45, 7) is 5.23. The van der Waals surface area contributed by atoms with Crippen molar-refractivity contribution in [2.75, 3.05) is 36.5 Å². The molecule has 35 heavy (non-hydrogen) atoms. The third-order valence-electron chi connectivity index (χ3n) is 6.34. The van der Waals surface area contributed by atoms with Crippen molar-refractivity contribution in [3.05, 3.63) is 53.9 Å². The van der Waals surface area contributed by atoms with Gasteiger partial charge in [-0.05, 0) is 49.7 Å². The molecule has 4 rings (SSSR count). The van der Waals surface area contributed by atoms with E-state index in [0.717, 1.165) is 32.5 Å². The fraction of sp³-hybridized carbons (Fsp3) is 0.417. The zero-order valence-corrected chi connectivity index (χ0v) is 19.6. The van der Waals surface area contributed by atoms with Gasteiger partial charge in [0.25, 0.3) is 5.89 Å². The van der Waals surface area contributed by atoms with Crippen molar-refractivity contribution in [1.29, 1.82) is 0 Å². The predicted molar refractivity (Wildman–Crippen MR) is 125 cm³/mol. The smallest absolute Gasteiger partial charge is 0.314 e. The number of alkyl halides is 2. The van der Waals surface area contributed by atoms with E-state index in [0.29, 0.717) is 29.0 Å². The second kappa shape index (κ2) is 10.9. The Labute approximate surface area is 201 Å². The first-order valence-electron chi connectivity index (χ1n) is 11.4. The van der Waals surface area contributed by atoms with Gasteiger partial charge in [-0.15, -0.1) is 10.2 Å². The average molecular weight is 489 g/mol. The molecule has 3 aromatic rings. The second-order valence-electron chi connectivity index (χ2n) is 8.43. The van der Waals surface area contributed by atoms with E-state index < -0.39 is 12.3 Å². The largest absolute Gasteiger partial charge is 0.415 e. The molecule has 0 spiro atoms. The Morgan fingerprint density at radius 1 is 1.17 bits per heavy atom. The molecule has 0 unspecified atom stereocenters. The van der Waals surface area contributed by atoms with E-state index in [-0.39, 0.29) is 24.3 Å². The normalized spacial score (nSPS) is 14.9. The monoisotopic (exact) mass is 488 g/mol. The van der Waals surface area contributed by atoms with Crippen LogP contribution in [0.2, 0.25) is 0 Å². The number of carbonyl (C=O) groups excluding carboxylic acids is 1. The molecule has 3 heterocycles. The number of nitrogens with zero attached hydrogens (tertiary/aromatic N) is 6. The first-order chi connectivity index (χ1) is 16.9. The molecule has 1 saturated heterocycles. The molecule has 0 N–H and O–H groups in total. The summed E-state index contributed by atoms with van der Waals surface area (Å²) in [7, 11) is 1.93. The van der Waals surface area contributed by atoms with E-state index in [9.17, 15) is 18.0 Å². The molecule has 0 bridgehead atoms. The van der Waals surface area contributed by atoms with Gasteiger partial charge in [0.15, 0.2) is 0 Å². The SMILES string of the molecule is CCN1CCC(N(C)c2cc(F)ccc2N(C=O)Cc2ccc(-c3nnc(C(F)F)o3)cn2)CC1. The number of benzene rings is 1. The molecule has 2 aromatic heterocycles. The van der Waals surface area contributed by atoms with Gasteiger partial charge in [-0.1, -0.05) is 6.92 Å². The lowest BCUT2D eigenvalue weighted by Gasteiger charge is -2.38. The van der Waals surface area contributed by atoms with Crippen LogP contribution in [-0.4, -0.2) is 59.2 Å². The number of aromatic nitrogens is 3. The molecule has 1 aliphatic heterocycles. The van der Waals surface area contributed by atoms with Crippen LogP contribution in [0.15, 0.2) is 40.9 Å². The van der Waals surface area contributed by atoms with Gasteiger partial charge in [-0.2, -0.15) is 8.78 Å². The van der Waals surface area contributed by atoms with E-state index in [1.807, 2.05) is 7.05 Å². The molecule has 8 nitrogen and oxygen atoms in total. The van der Waals surface area contributed by atoms with Gasteiger partial charge in [0.1, 0.15) is 5.82 Å². The zero-order valence-electron chi connectivity index (χ0n) is 19.6. The first-order valence-corrected chi connectivity index (χ1v) is 11.4. The number of pyridine rings is 1. The van der Waals surface area contributed by atoms with Crippen molar-refractivity contribution in [2.45, 2.75) is 38.8 Å². The lowest BCUT2D eigenvalue weighted by atomic mass is 10.0. The molecular weight excluding hydrogens is 461 g/mol. The number of halogens is 3. The van der Waals surface area contributed by atoms with Crippen molar-refractivity contribution in [2.24, 2.45) is 0 Å². The van der Waals surface area contributed by atoms with Gasteiger partial charge in [0, 0.05) is 32.4 Å². The lowest BCUT2D eigenvalue weighted by Crippen LogP contribution is -2.43. The van der Waals surface area contributed by atoms with Crippen LogP contribution in [0.25, 0.3) is 11.5 Å². The summed E-state index contributed by atoms with van der Waals surface area (Å²) in [5, 5.41) is 6.92. The molecule has 0 radical (unpaired) electrons. The molecule has 1 amide bonds. The molecule has 0 atom stereocenters. The fourth-order valence-electron chi connectivity index (χ4n) is 4.28. The minimum atomic E-state index is -2.85. The molecule has 1 aromatic carbocycles. The van der Waals surface area contributed by atoms with E-state index in [1.165, 1.54) is 23.2 Å². The summed E-state index contributed by atoms with van der Waals surface area (Å²) in [4.78, 5) is 22.3. The number of hydrogen-bond acceptors (Lipinski definition) is 7.